The minimum Gasteiger partial charge on any atom is -0.453 e. The van der Waals surface area contributed by atoms with Crippen molar-refractivity contribution in [3.63, 3.8) is 0 Å². The minimum absolute atomic E-state index is 0.263. The van der Waals surface area contributed by atoms with Crippen LogP contribution in [0.25, 0.3) is 33.1 Å². The van der Waals surface area contributed by atoms with E-state index in [0.717, 1.165) is 15.7 Å². The van der Waals surface area contributed by atoms with Gasteiger partial charge >= 0.3 is 0 Å². The molecule has 0 aliphatic carbocycles. The number of benzene rings is 4. The standard InChI is InChI=1S/C26H14ClNO4/c27-15-9-11-16(12-10-15)28-25(29)19-13-23-24(14-20(19)26(28)30)32-22-8-4-2-6-18(22)17-5-1-3-7-21(17)31-23/h1-14H. The van der Waals surface area contributed by atoms with Crippen LogP contribution < -0.4 is 4.90 Å². The lowest BCUT2D eigenvalue weighted by atomic mass is 10.1. The van der Waals surface area contributed by atoms with Crippen LogP contribution in [0.3, 0.4) is 0 Å². The van der Waals surface area contributed by atoms with Crippen LogP contribution in [0.5, 0.6) is 0 Å². The highest BCUT2D eigenvalue weighted by Gasteiger charge is 2.37. The number of halogens is 1. The number of hydrogen-bond donors (Lipinski definition) is 0. The van der Waals surface area contributed by atoms with Crippen LogP contribution in [-0.2, 0) is 0 Å². The largest absolute Gasteiger partial charge is 0.453 e. The number of fused-ring (bicyclic) bond motifs is 5. The predicted molar refractivity (Wildman–Crippen MR) is 124 cm³/mol. The highest BCUT2D eigenvalue weighted by atomic mass is 35.5. The molecule has 0 saturated carbocycles. The van der Waals surface area contributed by atoms with Crippen molar-refractivity contribution in [3.8, 4) is 0 Å². The molecule has 5 aromatic rings. The van der Waals surface area contributed by atoms with E-state index in [1.165, 1.54) is 0 Å². The SMILES string of the molecule is O=C1c2cc3oc4ccccc4c4ccccc4oc3cc2C(=O)N1c1ccc(Cl)cc1. The highest BCUT2D eigenvalue weighted by Crippen LogP contribution is 2.34. The molecule has 5 nitrogen and oxygen atoms in total. The Balaban J connectivity index is 1.65. The van der Waals surface area contributed by atoms with Crippen LogP contribution in [-0.4, -0.2) is 11.8 Å². The van der Waals surface area contributed by atoms with Crippen molar-refractivity contribution in [2.75, 3.05) is 4.90 Å². The first-order chi connectivity index (χ1) is 15.6. The lowest BCUT2D eigenvalue weighted by molar-refractivity contribution is 0.0926. The summed E-state index contributed by atoms with van der Waals surface area (Å²) >= 11 is 5.96. The maximum absolute atomic E-state index is 13.2. The van der Waals surface area contributed by atoms with Crippen molar-refractivity contribution in [2.24, 2.45) is 0 Å². The molecule has 2 heterocycles. The zero-order chi connectivity index (χ0) is 21.8. The van der Waals surface area contributed by atoms with Gasteiger partial charge < -0.3 is 8.83 Å². The Kier molecular flexibility index (Phi) is 4.06. The molecule has 0 radical (unpaired) electrons. The molecule has 32 heavy (non-hydrogen) atoms. The van der Waals surface area contributed by atoms with Crippen LogP contribution in [0.2, 0.25) is 5.02 Å². The maximum Gasteiger partial charge on any atom is 0.266 e. The predicted octanol–water partition coefficient (Wildman–Crippen LogP) is 6.91. The van der Waals surface area contributed by atoms with E-state index in [1.807, 2.05) is 48.5 Å². The minimum atomic E-state index is -0.422. The fourth-order valence-corrected chi connectivity index (χ4v) is 4.15. The molecule has 6 rings (SSSR count). The second-order valence-electron chi connectivity index (χ2n) is 7.46. The molecule has 0 spiro atoms. The summed E-state index contributed by atoms with van der Waals surface area (Å²) < 4.78 is 12.4. The Hall–Kier alpha value is -4.09. The van der Waals surface area contributed by atoms with E-state index in [0.29, 0.717) is 33.0 Å². The number of carbonyl (C=O) groups excluding carboxylic acids is 2. The van der Waals surface area contributed by atoms with Gasteiger partial charge in [-0.1, -0.05) is 48.0 Å². The number of anilines is 1. The molecule has 1 aromatic heterocycles. The van der Waals surface area contributed by atoms with Gasteiger partial charge in [0.15, 0.2) is 11.2 Å². The molecule has 0 unspecified atom stereocenters. The van der Waals surface area contributed by atoms with Crippen molar-refractivity contribution in [2.45, 2.75) is 0 Å². The lowest BCUT2D eigenvalue weighted by Gasteiger charge is -2.13. The maximum atomic E-state index is 13.2. The molecule has 4 aromatic carbocycles. The van der Waals surface area contributed by atoms with Gasteiger partial charge in [0.2, 0.25) is 0 Å². The number of rotatable bonds is 1. The molecule has 1 aliphatic rings. The van der Waals surface area contributed by atoms with E-state index in [2.05, 4.69) is 0 Å². The smallest absolute Gasteiger partial charge is 0.266 e. The summed E-state index contributed by atoms with van der Waals surface area (Å²) in [6.07, 6.45) is 0. The Labute approximate surface area is 186 Å². The van der Waals surface area contributed by atoms with E-state index in [1.54, 1.807) is 36.4 Å². The monoisotopic (exact) mass is 439 g/mol. The molecule has 0 atom stereocenters. The number of carbonyl (C=O) groups is 2. The van der Waals surface area contributed by atoms with Gasteiger partial charge in [-0.05, 0) is 48.5 Å². The van der Waals surface area contributed by atoms with Gasteiger partial charge in [-0.15, -0.1) is 0 Å². The Morgan fingerprint density at radius 2 is 1.06 bits per heavy atom. The summed E-state index contributed by atoms with van der Waals surface area (Å²) in [5, 5.41) is 2.27. The van der Waals surface area contributed by atoms with E-state index in [4.69, 9.17) is 20.4 Å². The third-order valence-corrected chi connectivity index (χ3v) is 5.79. The molecular weight excluding hydrogens is 426 g/mol. The van der Waals surface area contributed by atoms with Crippen molar-refractivity contribution in [3.05, 3.63) is 101 Å². The highest BCUT2D eigenvalue weighted by molar-refractivity contribution is 6.35. The molecule has 0 saturated heterocycles. The molecule has 154 valence electrons. The second kappa shape index (κ2) is 6.97. The average Bonchev–Trinajstić information content (AvgIpc) is 3.03. The quantitative estimate of drug-likeness (QED) is 0.266. The van der Waals surface area contributed by atoms with Crippen LogP contribution in [0.4, 0.5) is 5.69 Å². The van der Waals surface area contributed by atoms with Crippen molar-refractivity contribution in [1.29, 1.82) is 0 Å². The van der Waals surface area contributed by atoms with Gasteiger partial charge in [-0.25, -0.2) is 4.90 Å². The average molecular weight is 440 g/mol. The fraction of sp³-hybridized carbons (Fsp3) is 0. The van der Waals surface area contributed by atoms with Gasteiger partial charge in [0.05, 0.1) is 16.8 Å². The van der Waals surface area contributed by atoms with Gasteiger partial charge in [-0.2, -0.15) is 0 Å². The molecule has 0 fully saturated rings. The summed E-state index contributed by atoms with van der Waals surface area (Å²) in [5.41, 5.74) is 2.98. The van der Waals surface area contributed by atoms with E-state index in [9.17, 15) is 9.59 Å². The Morgan fingerprint density at radius 1 is 0.594 bits per heavy atom. The number of imide groups is 1. The third-order valence-electron chi connectivity index (χ3n) is 5.54. The Morgan fingerprint density at radius 3 is 1.56 bits per heavy atom. The van der Waals surface area contributed by atoms with Crippen molar-refractivity contribution < 1.29 is 18.4 Å². The molecule has 6 heteroatoms. The van der Waals surface area contributed by atoms with Crippen LogP contribution in [0.15, 0.2) is 93.8 Å². The lowest BCUT2D eigenvalue weighted by Crippen LogP contribution is -2.29. The fourth-order valence-electron chi connectivity index (χ4n) is 4.02. The zero-order valence-corrected chi connectivity index (χ0v) is 17.3. The first kappa shape index (κ1) is 18.7. The number of nitrogens with zero attached hydrogens (tertiary/aromatic N) is 1. The first-order valence-corrected chi connectivity index (χ1v) is 10.3. The Bertz CT molecular complexity index is 1530. The normalized spacial score (nSPS) is 13.2. The number of hydrogen-bond acceptors (Lipinski definition) is 4. The zero-order valence-electron chi connectivity index (χ0n) is 16.5. The van der Waals surface area contributed by atoms with Crippen molar-refractivity contribution in [1.82, 2.24) is 0 Å². The summed E-state index contributed by atoms with van der Waals surface area (Å²) in [6, 6.07) is 25.0. The molecular formula is C26H14ClNO4. The van der Waals surface area contributed by atoms with E-state index in [-0.39, 0.29) is 11.1 Å². The molecule has 1 aliphatic heterocycles. The summed E-state index contributed by atoms with van der Waals surface area (Å²) in [4.78, 5) is 27.4. The van der Waals surface area contributed by atoms with E-state index >= 15 is 0 Å². The van der Waals surface area contributed by atoms with Gasteiger partial charge in [-0.3, -0.25) is 9.59 Å². The first-order valence-electron chi connectivity index (χ1n) is 9.97. The van der Waals surface area contributed by atoms with Gasteiger partial charge in [0.25, 0.3) is 11.8 Å². The molecule has 2 amide bonds. The van der Waals surface area contributed by atoms with Gasteiger partial charge in [0.1, 0.15) is 11.2 Å². The number of amides is 2. The summed E-state index contributed by atoms with van der Waals surface area (Å²) in [7, 11) is 0. The second-order valence-corrected chi connectivity index (χ2v) is 7.90. The van der Waals surface area contributed by atoms with Crippen LogP contribution in [0.1, 0.15) is 20.7 Å². The van der Waals surface area contributed by atoms with E-state index < -0.39 is 11.8 Å². The topological polar surface area (TPSA) is 63.7 Å². The summed E-state index contributed by atoms with van der Waals surface area (Å²) in [6.45, 7) is 0. The number of para-hydroxylation sites is 2. The molecule has 0 bridgehead atoms. The molecule has 0 N–H and O–H groups in total. The summed E-state index contributed by atoms with van der Waals surface area (Å²) in [5.74, 6) is -0.844. The van der Waals surface area contributed by atoms with Crippen LogP contribution >= 0.6 is 11.6 Å². The van der Waals surface area contributed by atoms with Crippen molar-refractivity contribution >= 4 is 62.2 Å². The van der Waals surface area contributed by atoms with Crippen LogP contribution in [0, 0.1) is 0 Å². The van der Waals surface area contributed by atoms with Gasteiger partial charge in [0, 0.05) is 15.8 Å². The third kappa shape index (κ3) is 2.79.